The van der Waals surface area contributed by atoms with Crippen molar-refractivity contribution < 1.29 is 19.1 Å². The van der Waals surface area contributed by atoms with Gasteiger partial charge in [-0.1, -0.05) is 42.5 Å². The Bertz CT molecular complexity index is 1070. The fraction of sp³-hybridized carbons (Fsp3) is 0.125. The smallest absolute Gasteiger partial charge is 0.223 e. The summed E-state index contributed by atoms with van der Waals surface area (Å²) in [7, 11) is 0. The number of ketones is 1. The first-order chi connectivity index (χ1) is 15.1. The van der Waals surface area contributed by atoms with Gasteiger partial charge in [0.05, 0.1) is 6.42 Å². The van der Waals surface area contributed by atoms with Gasteiger partial charge in [0.25, 0.3) is 0 Å². The fourth-order valence-electron chi connectivity index (χ4n) is 3.33. The molecule has 1 aromatic heterocycles. The van der Waals surface area contributed by atoms with Crippen LogP contribution in [-0.4, -0.2) is 27.8 Å². The maximum absolute atomic E-state index is 12.6. The molecule has 1 aliphatic rings. The van der Waals surface area contributed by atoms with Crippen molar-refractivity contribution in [2.45, 2.75) is 18.9 Å². The third-order valence-corrected chi connectivity index (χ3v) is 4.82. The number of carbonyl (C=O) groups is 2. The number of para-hydroxylation sites is 1. The average Bonchev–Trinajstić information content (AvgIpc) is 3.29. The first kappa shape index (κ1) is 20.2. The number of ether oxygens (including phenoxy) is 2. The monoisotopic (exact) mass is 415 g/mol. The molecule has 7 heteroatoms. The summed E-state index contributed by atoms with van der Waals surface area (Å²) in [6.07, 6.45) is 5.24. The van der Waals surface area contributed by atoms with Crippen LogP contribution in [0.5, 0.6) is 5.75 Å². The Hall–Kier alpha value is -4.13. The van der Waals surface area contributed by atoms with Crippen LogP contribution in [0.25, 0.3) is 0 Å². The van der Waals surface area contributed by atoms with E-state index >= 15 is 0 Å². The minimum absolute atomic E-state index is 0.0172. The summed E-state index contributed by atoms with van der Waals surface area (Å²) < 4.78 is 11.8. The van der Waals surface area contributed by atoms with Crippen LogP contribution >= 0.6 is 0 Å². The van der Waals surface area contributed by atoms with Gasteiger partial charge in [-0.3, -0.25) is 19.5 Å². The molecule has 2 unspecified atom stereocenters. The highest BCUT2D eigenvalue weighted by Crippen LogP contribution is 2.32. The van der Waals surface area contributed by atoms with Crippen LogP contribution in [0, 0.1) is 0 Å². The summed E-state index contributed by atoms with van der Waals surface area (Å²) in [5.74, 6) is 0.0172. The predicted molar refractivity (Wildman–Crippen MR) is 114 cm³/mol. The lowest BCUT2D eigenvalue weighted by molar-refractivity contribution is -0.123. The van der Waals surface area contributed by atoms with E-state index in [1.807, 2.05) is 42.5 Å². The van der Waals surface area contributed by atoms with E-state index in [0.717, 1.165) is 5.56 Å². The molecule has 1 aliphatic heterocycles. The zero-order valence-electron chi connectivity index (χ0n) is 16.6. The van der Waals surface area contributed by atoms with E-state index in [1.54, 1.807) is 47.8 Å². The van der Waals surface area contributed by atoms with Crippen LogP contribution in [0.2, 0.25) is 0 Å². The summed E-state index contributed by atoms with van der Waals surface area (Å²) in [4.78, 5) is 30.1. The van der Waals surface area contributed by atoms with Crippen LogP contribution in [0.1, 0.15) is 34.1 Å². The lowest BCUT2D eigenvalue weighted by Crippen LogP contribution is -2.40. The predicted octanol–water partition coefficient (Wildman–Crippen LogP) is 3.40. The molecule has 0 saturated heterocycles. The number of hydrogen-bond donors (Lipinski definition) is 1. The summed E-state index contributed by atoms with van der Waals surface area (Å²) in [5, 5.41) is 0. The Morgan fingerprint density at radius 2 is 1.81 bits per heavy atom. The molecule has 156 valence electrons. The van der Waals surface area contributed by atoms with Crippen molar-refractivity contribution in [2.24, 2.45) is 5.73 Å². The Morgan fingerprint density at radius 3 is 2.48 bits per heavy atom. The topological polar surface area (TPSA) is 94.8 Å². The van der Waals surface area contributed by atoms with Gasteiger partial charge in [-0.15, -0.1) is 0 Å². The third-order valence-electron chi connectivity index (χ3n) is 4.82. The lowest BCUT2D eigenvalue weighted by Gasteiger charge is -2.32. The number of hydrogen-bond acceptors (Lipinski definition) is 6. The maximum atomic E-state index is 12.6. The van der Waals surface area contributed by atoms with Crippen LogP contribution in [0.15, 0.2) is 91.6 Å². The molecule has 2 atom stereocenters. The van der Waals surface area contributed by atoms with Crippen LogP contribution in [0.3, 0.4) is 0 Å². The van der Waals surface area contributed by atoms with E-state index in [0.29, 0.717) is 16.9 Å². The minimum Gasteiger partial charge on any atom is -0.472 e. The third kappa shape index (κ3) is 4.72. The number of primary amides is 1. The Kier molecular flexibility index (Phi) is 5.93. The van der Waals surface area contributed by atoms with Crippen LogP contribution in [-0.2, 0) is 9.53 Å². The van der Waals surface area contributed by atoms with E-state index in [4.69, 9.17) is 15.2 Å². The highest BCUT2D eigenvalue weighted by atomic mass is 16.5. The largest absolute Gasteiger partial charge is 0.472 e. The number of amides is 1. The first-order valence-electron chi connectivity index (χ1n) is 9.76. The minimum atomic E-state index is -0.652. The second-order valence-electron chi connectivity index (χ2n) is 6.97. The van der Waals surface area contributed by atoms with Crippen molar-refractivity contribution >= 4 is 11.7 Å². The number of carbonyl (C=O) groups excluding carboxylic acids is 2. The second kappa shape index (κ2) is 9.13. The molecule has 2 aromatic carbocycles. The summed E-state index contributed by atoms with van der Waals surface area (Å²) in [6, 6.07) is 19.8. The molecule has 0 radical (unpaired) electrons. The Morgan fingerprint density at radius 1 is 1.03 bits per heavy atom. The van der Waals surface area contributed by atoms with Crippen molar-refractivity contribution in [3.63, 3.8) is 0 Å². The SMILES string of the molecule is NC(=O)CC(Oc1ccccc1)N1C=COC1c1ccc(C(=O)c2cccnc2)cc1. The zero-order valence-corrected chi connectivity index (χ0v) is 16.6. The number of nitrogens with zero attached hydrogens (tertiary/aromatic N) is 2. The van der Waals surface area contributed by atoms with Gasteiger partial charge in [-0.05, 0) is 24.3 Å². The fourth-order valence-corrected chi connectivity index (χ4v) is 3.33. The Balaban J connectivity index is 1.54. The van der Waals surface area contributed by atoms with E-state index in [1.165, 1.54) is 6.20 Å². The van der Waals surface area contributed by atoms with Crippen LogP contribution in [0.4, 0.5) is 0 Å². The van der Waals surface area contributed by atoms with E-state index < -0.39 is 18.4 Å². The molecule has 3 aromatic rings. The molecular weight excluding hydrogens is 394 g/mol. The molecular formula is C24H21N3O4. The average molecular weight is 415 g/mol. The molecule has 2 heterocycles. The summed E-state index contributed by atoms with van der Waals surface area (Å²) in [6.45, 7) is 0. The zero-order chi connectivity index (χ0) is 21.6. The molecule has 0 aliphatic carbocycles. The van der Waals surface area contributed by atoms with Crippen molar-refractivity contribution in [1.82, 2.24) is 9.88 Å². The molecule has 31 heavy (non-hydrogen) atoms. The number of nitrogens with two attached hydrogens (primary N) is 1. The standard InChI is InChI=1S/C24H21N3O4/c25-21(28)15-22(31-20-6-2-1-3-7-20)27-13-14-30-24(27)18-10-8-17(9-11-18)23(29)19-5-4-12-26-16-19/h1-14,16,22,24H,15H2,(H2,25,28). The molecule has 0 spiro atoms. The van der Waals surface area contributed by atoms with E-state index in [2.05, 4.69) is 4.98 Å². The molecule has 2 N–H and O–H groups in total. The maximum Gasteiger partial charge on any atom is 0.223 e. The van der Waals surface area contributed by atoms with Gasteiger partial charge in [-0.25, -0.2) is 0 Å². The van der Waals surface area contributed by atoms with Gasteiger partial charge in [0.1, 0.15) is 12.0 Å². The van der Waals surface area contributed by atoms with Gasteiger partial charge in [0.15, 0.2) is 18.2 Å². The van der Waals surface area contributed by atoms with Gasteiger partial charge in [-0.2, -0.15) is 0 Å². The van der Waals surface area contributed by atoms with Gasteiger partial charge in [0.2, 0.25) is 5.91 Å². The lowest BCUT2D eigenvalue weighted by atomic mass is 10.0. The van der Waals surface area contributed by atoms with E-state index in [9.17, 15) is 9.59 Å². The van der Waals surface area contributed by atoms with Crippen molar-refractivity contribution in [3.05, 3.63) is 108 Å². The number of aromatic nitrogens is 1. The van der Waals surface area contributed by atoms with Crippen molar-refractivity contribution in [1.29, 1.82) is 0 Å². The van der Waals surface area contributed by atoms with Crippen molar-refractivity contribution in [3.8, 4) is 5.75 Å². The van der Waals surface area contributed by atoms with Crippen LogP contribution < -0.4 is 10.5 Å². The van der Waals surface area contributed by atoms with Crippen molar-refractivity contribution in [2.75, 3.05) is 0 Å². The highest BCUT2D eigenvalue weighted by molar-refractivity contribution is 6.08. The molecule has 0 saturated carbocycles. The molecule has 1 amide bonds. The van der Waals surface area contributed by atoms with Gasteiger partial charge >= 0.3 is 0 Å². The normalized spacial score (nSPS) is 15.9. The molecule has 0 bridgehead atoms. The van der Waals surface area contributed by atoms with Gasteiger partial charge in [0, 0.05) is 35.3 Å². The summed E-state index contributed by atoms with van der Waals surface area (Å²) >= 11 is 0. The summed E-state index contributed by atoms with van der Waals surface area (Å²) in [5.41, 5.74) is 7.33. The molecule has 4 rings (SSSR count). The number of rotatable bonds is 8. The second-order valence-corrected chi connectivity index (χ2v) is 6.97. The van der Waals surface area contributed by atoms with Gasteiger partial charge < -0.3 is 15.2 Å². The number of pyridine rings is 1. The number of benzene rings is 2. The molecule has 7 nitrogen and oxygen atoms in total. The van der Waals surface area contributed by atoms with E-state index in [-0.39, 0.29) is 12.2 Å². The Labute approximate surface area is 179 Å². The first-order valence-corrected chi connectivity index (χ1v) is 9.76. The highest BCUT2D eigenvalue weighted by Gasteiger charge is 2.32. The quantitative estimate of drug-likeness (QED) is 0.567. The molecule has 0 fully saturated rings.